The van der Waals surface area contributed by atoms with Crippen molar-refractivity contribution in [1.29, 1.82) is 0 Å². The molecule has 1 aromatic heterocycles. The van der Waals surface area contributed by atoms with E-state index in [0.29, 0.717) is 11.1 Å². The number of hydrogen-bond donors (Lipinski definition) is 1. The van der Waals surface area contributed by atoms with Crippen molar-refractivity contribution in [2.24, 2.45) is 0 Å². The van der Waals surface area contributed by atoms with Gasteiger partial charge in [-0.15, -0.1) is 10.2 Å². The predicted octanol–water partition coefficient (Wildman–Crippen LogP) is 4.09. The molecule has 7 heteroatoms. The number of nitrogens with one attached hydrogen (secondary N) is 1. The molecule has 0 unspecified atom stereocenters. The number of amides is 1. The van der Waals surface area contributed by atoms with Gasteiger partial charge in [0.15, 0.2) is 0 Å². The number of ether oxygens (including phenoxy) is 1. The first-order valence-corrected chi connectivity index (χ1v) is 9.02. The molecule has 0 aliphatic heterocycles. The Hall–Kier alpha value is -2.80. The number of aromatic nitrogens is 2. The van der Waals surface area contributed by atoms with E-state index in [4.69, 9.17) is 9.15 Å². The summed E-state index contributed by atoms with van der Waals surface area (Å²) in [7, 11) is 1.61. The molecule has 1 amide bonds. The van der Waals surface area contributed by atoms with Crippen LogP contribution in [0, 0.1) is 13.8 Å². The summed E-state index contributed by atoms with van der Waals surface area (Å²) in [6, 6.07) is 13.2. The van der Waals surface area contributed by atoms with Gasteiger partial charge in [-0.05, 0) is 55.3 Å². The van der Waals surface area contributed by atoms with Crippen molar-refractivity contribution in [3.05, 3.63) is 53.6 Å². The fourth-order valence-corrected chi connectivity index (χ4v) is 2.88. The van der Waals surface area contributed by atoms with Crippen LogP contribution in [0.5, 0.6) is 5.75 Å². The summed E-state index contributed by atoms with van der Waals surface area (Å²) < 4.78 is 10.7. The molecule has 0 aliphatic rings. The Balaban J connectivity index is 1.59. The lowest BCUT2D eigenvalue weighted by atomic mass is 10.1. The van der Waals surface area contributed by atoms with Crippen LogP contribution in [0.2, 0.25) is 0 Å². The van der Waals surface area contributed by atoms with E-state index in [1.807, 2.05) is 56.3 Å². The second kappa shape index (κ2) is 8.05. The summed E-state index contributed by atoms with van der Waals surface area (Å²) in [6.45, 7) is 4.00. The zero-order chi connectivity index (χ0) is 18.5. The van der Waals surface area contributed by atoms with Crippen molar-refractivity contribution < 1.29 is 13.9 Å². The monoisotopic (exact) mass is 369 g/mol. The molecule has 3 aromatic rings. The van der Waals surface area contributed by atoms with Crippen LogP contribution in [0.25, 0.3) is 11.5 Å². The van der Waals surface area contributed by atoms with E-state index in [9.17, 15) is 4.79 Å². The summed E-state index contributed by atoms with van der Waals surface area (Å²) in [6.07, 6.45) is 0. The molecule has 26 heavy (non-hydrogen) atoms. The second-order valence-corrected chi connectivity index (χ2v) is 6.61. The average molecular weight is 369 g/mol. The van der Waals surface area contributed by atoms with Crippen molar-refractivity contribution in [2.45, 2.75) is 19.1 Å². The van der Waals surface area contributed by atoms with Gasteiger partial charge in [0, 0.05) is 11.3 Å². The lowest BCUT2D eigenvalue weighted by Gasteiger charge is -2.09. The van der Waals surface area contributed by atoms with Crippen molar-refractivity contribution >= 4 is 23.4 Å². The molecule has 0 spiro atoms. The number of aryl methyl sites for hydroxylation is 1. The molecule has 3 rings (SSSR count). The van der Waals surface area contributed by atoms with Gasteiger partial charge < -0.3 is 14.5 Å². The molecule has 0 bridgehead atoms. The topological polar surface area (TPSA) is 77.2 Å². The number of nitrogens with zero attached hydrogens (tertiary/aromatic N) is 2. The molecule has 0 atom stereocenters. The van der Waals surface area contributed by atoms with Crippen LogP contribution in [-0.2, 0) is 4.79 Å². The summed E-state index contributed by atoms with van der Waals surface area (Å²) in [4.78, 5) is 12.2. The van der Waals surface area contributed by atoms with Gasteiger partial charge in [-0.2, -0.15) is 0 Å². The fraction of sp³-hybridized carbons (Fsp3) is 0.211. The van der Waals surface area contributed by atoms with Crippen LogP contribution in [0.15, 0.2) is 52.1 Å². The van der Waals surface area contributed by atoms with Gasteiger partial charge >= 0.3 is 0 Å². The number of benzene rings is 2. The molecule has 0 fully saturated rings. The number of carbonyl (C=O) groups excluding carboxylic acids is 1. The Labute approximate surface area is 156 Å². The summed E-state index contributed by atoms with van der Waals surface area (Å²) in [5.41, 5.74) is 3.81. The first-order valence-electron chi connectivity index (χ1n) is 8.03. The standard InChI is InChI=1S/C19H19N3O3S/c1-12-5-4-6-16(13(12)2)20-17(23)11-26-19-22-21-18(25-19)14-7-9-15(24-3)10-8-14/h4-10H,11H2,1-3H3,(H,20,23). The zero-order valence-electron chi connectivity index (χ0n) is 14.8. The third-order valence-corrected chi connectivity index (χ3v) is 4.77. The highest BCUT2D eigenvalue weighted by atomic mass is 32.2. The number of thioether (sulfide) groups is 1. The highest BCUT2D eigenvalue weighted by Crippen LogP contribution is 2.25. The maximum atomic E-state index is 12.2. The zero-order valence-corrected chi connectivity index (χ0v) is 15.6. The lowest BCUT2D eigenvalue weighted by Crippen LogP contribution is -2.15. The van der Waals surface area contributed by atoms with Crippen molar-refractivity contribution in [3.8, 4) is 17.2 Å². The van der Waals surface area contributed by atoms with E-state index in [1.54, 1.807) is 7.11 Å². The molecule has 134 valence electrons. The molecule has 0 saturated heterocycles. The third kappa shape index (κ3) is 4.23. The van der Waals surface area contributed by atoms with E-state index >= 15 is 0 Å². The minimum Gasteiger partial charge on any atom is -0.497 e. The Bertz CT molecular complexity index is 907. The number of hydrogen-bond acceptors (Lipinski definition) is 6. The highest BCUT2D eigenvalue weighted by Gasteiger charge is 2.12. The Morgan fingerprint density at radius 3 is 2.65 bits per heavy atom. The number of methoxy groups -OCH3 is 1. The maximum absolute atomic E-state index is 12.2. The van der Waals surface area contributed by atoms with Crippen LogP contribution in [0.3, 0.4) is 0 Å². The van der Waals surface area contributed by atoms with Gasteiger partial charge in [0.05, 0.1) is 12.9 Å². The number of carbonyl (C=O) groups is 1. The largest absolute Gasteiger partial charge is 0.497 e. The predicted molar refractivity (Wildman–Crippen MR) is 102 cm³/mol. The van der Waals surface area contributed by atoms with Gasteiger partial charge in [0.2, 0.25) is 11.8 Å². The first kappa shape index (κ1) is 18.0. The van der Waals surface area contributed by atoms with Crippen molar-refractivity contribution in [3.63, 3.8) is 0 Å². The van der Waals surface area contributed by atoms with Gasteiger partial charge in [-0.1, -0.05) is 23.9 Å². The average Bonchev–Trinajstić information content (AvgIpc) is 3.13. The summed E-state index contributed by atoms with van der Waals surface area (Å²) in [5.74, 6) is 1.24. The van der Waals surface area contributed by atoms with E-state index in [1.165, 1.54) is 11.8 Å². The van der Waals surface area contributed by atoms with Gasteiger partial charge in [-0.3, -0.25) is 4.79 Å². The fourth-order valence-electron chi connectivity index (χ4n) is 2.32. The Morgan fingerprint density at radius 2 is 1.92 bits per heavy atom. The Morgan fingerprint density at radius 1 is 1.15 bits per heavy atom. The number of rotatable bonds is 6. The van der Waals surface area contributed by atoms with E-state index in [2.05, 4.69) is 15.5 Å². The van der Waals surface area contributed by atoms with Crippen molar-refractivity contribution in [2.75, 3.05) is 18.2 Å². The quantitative estimate of drug-likeness (QED) is 0.660. The minimum absolute atomic E-state index is 0.118. The van der Waals surface area contributed by atoms with Gasteiger partial charge in [-0.25, -0.2) is 0 Å². The SMILES string of the molecule is COc1ccc(-c2nnc(SCC(=O)Nc3cccc(C)c3C)o2)cc1. The summed E-state index contributed by atoms with van der Waals surface area (Å²) in [5, 5.41) is 11.3. The van der Waals surface area contributed by atoms with Crippen LogP contribution < -0.4 is 10.1 Å². The highest BCUT2D eigenvalue weighted by molar-refractivity contribution is 7.99. The molecule has 6 nitrogen and oxygen atoms in total. The molecule has 1 heterocycles. The Kier molecular flexibility index (Phi) is 5.58. The summed E-state index contributed by atoms with van der Waals surface area (Å²) >= 11 is 1.20. The molecule has 0 radical (unpaired) electrons. The molecule has 2 aromatic carbocycles. The van der Waals surface area contributed by atoms with E-state index < -0.39 is 0 Å². The normalized spacial score (nSPS) is 10.6. The molecule has 0 aliphatic carbocycles. The smallest absolute Gasteiger partial charge is 0.277 e. The number of anilines is 1. The van der Waals surface area contributed by atoms with E-state index in [-0.39, 0.29) is 11.7 Å². The first-order chi connectivity index (χ1) is 12.6. The van der Waals surface area contributed by atoms with Crippen LogP contribution in [-0.4, -0.2) is 29.0 Å². The van der Waals surface area contributed by atoms with Crippen LogP contribution in [0.1, 0.15) is 11.1 Å². The van der Waals surface area contributed by atoms with Crippen molar-refractivity contribution in [1.82, 2.24) is 10.2 Å². The molecular weight excluding hydrogens is 350 g/mol. The van der Waals surface area contributed by atoms with Gasteiger partial charge in [0.25, 0.3) is 5.22 Å². The maximum Gasteiger partial charge on any atom is 0.277 e. The lowest BCUT2D eigenvalue weighted by molar-refractivity contribution is -0.113. The molecule has 0 saturated carbocycles. The minimum atomic E-state index is -0.118. The van der Waals surface area contributed by atoms with Crippen LogP contribution in [0.4, 0.5) is 5.69 Å². The second-order valence-electron chi connectivity index (χ2n) is 5.69. The molecular formula is C19H19N3O3S. The van der Waals surface area contributed by atoms with E-state index in [0.717, 1.165) is 28.1 Å². The van der Waals surface area contributed by atoms with Gasteiger partial charge in [0.1, 0.15) is 5.75 Å². The molecule has 1 N–H and O–H groups in total. The third-order valence-electron chi connectivity index (χ3n) is 3.95. The van der Waals surface area contributed by atoms with Crippen LogP contribution >= 0.6 is 11.8 Å².